The Morgan fingerprint density at radius 3 is 2.45 bits per heavy atom. The van der Waals surface area contributed by atoms with Crippen LogP contribution in [-0.4, -0.2) is 23.3 Å². The zero-order chi connectivity index (χ0) is 21.8. The third-order valence-corrected chi connectivity index (χ3v) is 5.90. The Hall–Kier alpha value is -3.32. The van der Waals surface area contributed by atoms with Gasteiger partial charge in [0.05, 0.1) is 35.6 Å². The van der Waals surface area contributed by atoms with Crippen LogP contribution in [-0.2, 0) is 21.9 Å². The van der Waals surface area contributed by atoms with E-state index in [1.807, 2.05) is 13.0 Å². The van der Waals surface area contributed by atoms with Gasteiger partial charge in [0.1, 0.15) is 17.3 Å². The molecule has 2 amide bonds. The number of thioether (sulfide) groups is 1. The number of imide groups is 1. The van der Waals surface area contributed by atoms with Crippen molar-refractivity contribution in [2.24, 2.45) is 0 Å². The molecule has 0 saturated heterocycles. The zero-order valence-electron chi connectivity index (χ0n) is 16.8. The molecule has 1 aliphatic heterocycles. The van der Waals surface area contributed by atoms with Crippen LogP contribution in [0.25, 0.3) is 5.57 Å². The predicted molar refractivity (Wildman–Crippen MR) is 116 cm³/mol. The van der Waals surface area contributed by atoms with Gasteiger partial charge in [-0.25, -0.2) is 4.39 Å². The van der Waals surface area contributed by atoms with Crippen molar-refractivity contribution in [1.29, 1.82) is 0 Å². The number of carbonyl (C=O) groups is 2. The van der Waals surface area contributed by atoms with Gasteiger partial charge in [0.25, 0.3) is 11.8 Å². The molecule has 0 atom stereocenters. The van der Waals surface area contributed by atoms with E-state index in [1.54, 1.807) is 54.8 Å². The topological polar surface area (TPSA) is 59.8 Å². The van der Waals surface area contributed by atoms with Gasteiger partial charge in [-0.05, 0) is 42.8 Å². The molecule has 0 saturated carbocycles. The number of hydrogen-bond donors (Lipinski definition) is 0. The molecule has 3 aromatic rings. The molecular weight excluding hydrogens is 417 g/mol. The fraction of sp³-hybridized carbons (Fsp3) is 0.167. The zero-order valence-corrected chi connectivity index (χ0v) is 17.7. The first kappa shape index (κ1) is 20.9. The van der Waals surface area contributed by atoms with Gasteiger partial charge in [-0.1, -0.05) is 30.3 Å². The molecule has 31 heavy (non-hydrogen) atoms. The summed E-state index contributed by atoms with van der Waals surface area (Å²) in [6.07, 6.45) is 1.56. The maximum Gasteiger partial charge on any atom is 0.268 e. The maximum atomic E-state index is 14.2. The van der Waals surface area contributed by atoms with Crippen molar-refractivity contribution >= 4 is 29.1 Å². The monoisotopic (exact) mass is 437 g/mol. The highest BCUT2D eigenvalue weighted by molar-refractivity contribution is 8.03. The first-order valence-corrected chi connectivity index (χ1v) is 10.8. The lowest BCUT2D eigenvalue weighted by Gasteiger charge is -2.15. The highest BCUT2D eigenvalue weighted by Crippen LogP contribution is 2.38. The van der Waals surface area contributed by atoms with Crippen molar-refractivity contribution in [1.82, 2.24) is 4.90 Å². The number of amides is 2. The van der Waals surface area contributed by atoms with Gasteiger partial charge in [0.2, 0.25) is 0 Å². The SMILES string of the molecule is CCOc1ccc(C2=C(SCc3ccco3)C(=O)N(Cc3ccccc3F)C2=O)cc1. The maximum absolute atomic E-state index is 14.2. The molecule has 7 heteroatoms. The summed E-state index contributed by atoms with van der Waals surface area (Å²) in [7, 11) is 0. The lowest BCUT2D eigenvalue weighted by molar-refractivity contribution is -0.137. The van der Waals surface area contributed by atoms with Gasteiger partial charge in [-0.15, -0.1) is 11.8 Å². The number of hydrogen-bond acceptors (Lipinski definition) is 5. The summed E-state index contributed by atoms with van der Waals surface area (Å²) < 4.78 is 25.0. The number of rotatable bonds is 8. The Bertz CT molecular complexity index is 1120. The molecule has 4 rings (SSSR count). The second-order valence-corrected chi connectivity index (χ2v) is 7.80. The van der Waals surface area contributed by atoms with Crippen LogP contribution in [0.1, 0.15) is 23.8 Å². The minimum absolute atomic E-state index is 0.129. The van der Waals surface area contributed by atoms with E-state index in [4.69, 9.17) is 9.15 Å². The van der Waals surface area contributed by atoms with Gasteiger partial charge >= 0.3 is 0 Å². The van der Waals surface area contributed by atoms with Crippen LogP contribution in [0.2, 0.25) is 0 Å². The molecule has 0 N–H and O–H groups in total. The molecule has 1 aromatic heterocycles. The second kappa shape index (κ2) is 9.22. The van der Waals surface area contributed by atoms with Crippen molar-refractivity contribution < 1.29 is 23.1 Å². The van der Waals surface area contributed by atoms with Gasteiger partial charge in [0, 0.05) is 5.56 Å². The van der Waals surface area contributed by atoms with E-state index in [1.165, 1.54) is 17.8 Å². The predicted octanol–water partition coefficient (Wildman–Crippen LogP) is 5.03. The van der Waals surface area contributed by atoms with E-state index < -0.39 is 17.6 Å². The minimum atomic E-state index is -0.456. The van der Waals surface area contributed by atoms with Crippen LogP contribution in [0.5, 0.6) is 5.75 Å². The molecule has 1 aliphatic rings. The van der Waals surface area contributed by atoms with E-state index in [0.29, 0.717) is 39.9 Å². The van der Waals surface area contributed by atoms with Crippen LogP contribution in [0, 0.1) is 5.82 Å². The standard InChI is InChI=1S/C24H20FNO4S/c1-2-29-18-11-9-16(10-12-18)21-22(31-15-19-7-5-13-30-19)24(28)26(23(21)27)14-17-6-3-4-8-20(17)25/h3-13H,2,14-15H2,1H3. The van der Waals surface area contributed by atoms with Crippen molar-refractivity contribution in [2.45, 2.75) is 19.2 Å². The molecule has 0 spiro atoms. The number of benzene rings is 2. The Morgan fingerprint density at radius 2 is 1.77 bits per heavy atom. The van der Waals surface area contributed by atoms with Crippen molar-refractivity contribution in [2.75, 3.05) is 6.61 Å². The molecule has 0 bridgehead atoms. The van der Waals surface area contributed by atoms with Crippen LogP contribution in [0.4, 0.5) is 4.39 Å². The molecule has 158 valence electrons. The average Bonchev–Trinajstić information content (AvgIpc) is 3.37. The van der Waals surface area contributed by atoms with Crippen LogP contribution < -0.4 is 4.74 Å². The fourth-order valence-corrected chi connectivity index (χ4v) is 4.34. The second-order valence-electron chi connectivity index (χ2n) is 6.82. The highest BCUT2D eigenvalue weighted by atomic mass is 32.2. The Kier molecular flexibility index (Phi) is 6.23. The lowest BCUT2D eigenvalue weighted by atomic mass is 10.1. The first-order chi connectivity index (χ1) is 15.1. The number of carbonyl (C=O) groups excluding carboxylic acids is 2. The number of ether oxygens (including phenoxy) is 1. The number of nitrogens with zero attached hydrogens (tertiary/aromatic N) is 1. The van der Waals surface area contributed by atoms with Gasteiger partial charge in [-0.3, -0.25) is 14.5 Å². The van der Waals surface area contributed by atoms with Gasteiger partial charge in [-0.2, -0.15) is 0 Å². The minimum Gasteiger partial charge on any atom is -0.494 e. The molecular formula is C24H20FNO4S. The number of furan rings is 1. The fourth-order valence-electron chi connectivity index (χ4n) is 3.31. The molecule has 0 unspecified atom stereocenters. The third-order valence-electron chi connectivity index (χ3n) is 4.80. The quantitative estimate of drug-likeness (QED) is 0.463. The molecule has 5 nitrogen and oxygen atoms in total. The Labute approximate surface area is 183 Å². The van der Waals surface area contributed by atoms with Crippen LogP contribution in [0.3, 0.4) is 0 Å². The van der Waals surface area contributed by atoms with Gasteiger partial charge < -0.3 is 9.15 Å². The van der Waals surface area contributed by atoms with Crippen molar-refractivity contribution in [3.8, 4) is 5.75 Å². The summed E-state index contributed by atoms with van der Waals surface area (Å²) >= 11 is 1.24. The van der Waals surface area contributed by atoms with Crippen molar-refractivity contribution in [3.05, 3.63) is 94.5 Å². The summed E-state index contributed by atoms with van der Waals surface area (Å²) in [5.74, 6) is 0.429. The van der Waals surface area contributed by atoms with E-state index >= 15 is 0 Å². The van der Waals surface area contributed by atoms with E-state index in [9.17, 15) is 14.0 Å². The van der Waals surface area contributed by atoms with Crippen LogP contribution in [0.15, 0.2) is 76.2 Å². The van der Waals surface area contributed by atoms with E-state index in [-0.39, 0.29) is 12.1 Å². The summed E-state index contributed by atoms with van der Waals surface area (Å²) in [5, 5.41) is 0. The first-order valence-electron chi connectivity index (χ1n) is 9.80. The lowest BCUT2D eigenvalue weighted by Crippen LogP contribution is -2.31. The molecule has 0 aliphatic carbocycles. The molecule has 2 aromatic carbocycles. The Morgan fingerprint density at radius 1 is 1.00 bits per heavy atom. The molecule has 0 fully saturated rings. The third kappa shape index (κ3) is 4.41. The largest absolute Gasteiger partial charge is 0.494 e. The summed E-state index contributed by atoms with van der Waals surface area (Å²) in [4.78, 5) is 27.9. The Balaban J connectivity index is 1.67. The summed E-state index contributed by atoms with van der Waals surface area (Å²) in [6.45, 7) is 2.29. The molecule has 0 radical (unpaired) electrons. The van der Waals surface area contributed by atoms with Crippen LogP contribution >= 0.6 is 11.8 Å². The smallest absolute Gasteiger partial charge is 0.268 e. The average molecular weight is 437 g/mol. The van der Waals surface area contributed by atoms with E-state index in [2.05, 4.69) is 0 Å². The summed E-state index contributed by atoms with van der Waals surface area (Å²) in [6, 6.07) is 16.7. The van der Waals surface area contributed by atoms with Crippen molar-refractivity contribution in [3.63, 3.8) is 0 Å². The summed E-state index contributed by atoms with van der Waals surface area (Å²) in [5.41, 5.74) is 1.20. The van der Waals surface area contributed by atoms with Gasteiger partial charge in [0.15, 0.2) is 0 Å². The molecule has 2 heterocycles. The van der Waals surface area contributed by atoms with E-state index in [0.717, 1.165) is 4.90 Å². The normalized spacial score (nSPS) is 13.9. The highest BCUT2D eigenvalue weighted by Gasteiger charge is 2.39. The number of halogens is 1.